The van der Waals surface area contributed by atoms with Gasteiger partial charge >= 0.3 is 0 Å². The van der Waals surface area contributed by atoms with Crippen LogP contribution in [0.25, 0.3) is 0 Å². The minimum Gasteiger partial charge on any atom is -0.481 e. The predicted octanol–water partition coefficient (Wildman–Crippen LogP) is 2.61. The van der Waals surface area contributed by atoms with Crippen LogP contribution in [0.4, 0.5) is 0 Å². The van der Waals surface area contributed by atoms with Gasteiger partial charge in [0.05, 0.1) is 18.8 Å². The number of hydrogen-bond acceptors (Lipinski definition) is 5. The number of thiophene rings is 1. The van der Waals surface area contributed by atoms with Crippen LogP contribution in [0.3, 0.4) is 0 Å². The molecular weight excluding hydrogens is 258 g/mol. The summed E-state index contributed by atoms with van der Waals surface area (Å²) in [7, 11) is 3.57. The zero-order chi connectivity index (χ0) is 13.7. The van der Waals surface area contributed by atoms with E-state index in [0.29, 0.717) is 5.88 Å². The molecule has 0 aliphatic carbocycles. The molecule has 0 aliphatic rings. The van der Waals surface area contributed by atoms with Crippen LogP contribution in [0.5, 0.6) is 5.88 Å². The summed E-state index contributed by atoms with van der Waals surface area (Å²) in [6.07, 6.45) is 3.57. The number of nitrogens with zero attached hydrogens (tertiary/aromatic N) is 2. The van der Waals surface area contributed by atoms with Crippen molar-refractivity contribution >= 4 is 11.3 Å². The van der Waals surface area contributed by atoms with Gasteiger partial charge < -0.3 is 10.1 Å². The first-order valence-electron chi connectivity index (χ1n) is 6.37. The monoisotopic (exact) mass is 277 g/mol. The maximum atomic E-state index is 5.14. The Morgan fingerprint density at radius 2 is 2.11 bits per heavy atom. The van der Waals surface area contributed by atoms with Gasteiger partial charge in [0.1, 0.15) is 6.33 Å². The summed E-state index contributed by atoms with van der Waals surface area (Å²) in [6.45, 7) is 2.18. The molecular formula is C14H19N3OS. The van der Waals surface area contributed by atoms with Crippen molar-refractivity contribution in [2.45, 2.75) is 25.8 Å². The van der Waals surface area contributed by atoms with Gasteiger partial charge in [0, 0.05) is 22.2 Å². The summed E-state index contributed by atoms with van der Waals surface area (Å²) in [4.78, 5) is 11.2. The fourth-order valence-corrected chi connectivity index (χ4v) is 2.94. The van der Waals surface area contributed by atoms with Crippen LogP contribution < -0.4 is 10.1 Å². The fourth-order valence-electron chi connectivity index (χ4n) is 1.93. The molecule has 0 radical (unpaired) electrons. The van der Waals surface area contributed by atoms with Gasteiger partial charge in [-0.2, -0.15) is 0 Å². The molecule has 2 heterocycles. The Hall–Kier alpha value is -1.46. The molecule has 0 saturated heterocycles. The SMILES string of the molecule is CCc1ccc(CC(NC)c2cc(OC)ncn2)s1. The van der Waals surface area contributed by atoms with E-state index in [0.717, 1.165) is 18.5 Å². The summed E-state index contributed by atoms with van der Waals surface area (Å²) in [6, 6.07) is 6.47. The van der Waals surface area contributed by atoms with E-state index in [1.807, 2.05) is 24.5 Å². The number of ether oxygens (including phenoxy) is 1. The van der Waals surface area contributed by atoms with Crippen LogP contribution in [0.2, 0.25) is 0 Å². The normalized spacial score (nSPS) is 12.4. The maximum absolute atomic E-state index is 5.14. The molecule has 0 aliphatic heterocycles. The zero-order valence-corrected chi connectivity index (χ0v) is 12.3. The topological polar surface area (TPSA) is 47.0 Å². The third-order valence-electron chi connectivity index (χ3n) is 3.05. The second-order valence-corrected chi connectivity index (χ2v) is 5.51. The molecule has 0 spiro atoms. The average molecular weight is 277 g/mol. The zero-order valence-electron chi connectivity index (χ0n) is 11.5. The standard InChI is InChI=1S/C14H19N3OS/c1-4-10-5-6-11(19-10)7-12(15-2)13-8-14(18-3)17-9-16-13/h5-6,8-9,12,15H,4,7H2,1-3H3. The van der Waals surface area contributed by atoms with Crippen molar-refractivity contribution in [2.24, 2.45) is 0 Å². The Kier molecular flexibility index (Phi) is 4.87. The van der Waals surface area contributed by atoms with Gasteiger partial charge in [0.15, 0.2) is 0 Å². The van der Waals surface area contributed by atoms with Crippen molar-refractivity contribution < 1.29 is 4.74 Å². The van der Waals surface area contributed by atoms with Crippen LogP contribution >= 0.6 is 11.3 Å². The number of hydrogen-bond donors (Lipinski definition) is 1. The number of methoxy groups -OCH3 is 1. The number of aromatic nitrogens is 2. The number of likely N-dealkylation sites (N-methyl/N-ethyl adjacent to an activating group) is 1. The fraction of sp³-hybridized carbons (Fsp3) is 0.429. The highest BCUT2D eigenvalue weighted by atomic mass is 32.1. The molecule has 1 unspecified atom stereocenters. The molecule has 1 atom stereocenters. The molecule has 5 heteroatoms. The molecule has 0 saturated carbocycles. The molecule has 19 heavy (non-hydrogen) atoms. The first-order chi connectivity index (χ1) is 9.26. The number of nitrogens with one attached hydrogen (secondary N) is 1. The number of aryl methyl sites for hydroxylation is 1. The molecule has 2 aromatic rings. The lowest BCUT2D eigenvalue weighted by Crippen LogP contribution is -2.19. The van der Waals surface area contributed by atoms with Crippen molar-refractivity contribution in [3.05, 3.63) is 40.0 Å². The Labute approximate surface area is 117 Å². The van der Waals surface area contributed by atoms with Gasteiger partial charge in [0.2, 0.25) is 5.88 Å². The van der Waals surface area contributed by atoms with Gasteiger partial charge in [-0.1, -0.05) is 6.92 Å². The first-order valence-corrected chi connectivity index (χ1v) is 7.19. The predicted molar refractivity (Wildman–Crippen MR) is 77.8 cm³/mol. The van der Waals surface area contributed by atoms with E-state index in [-0.39, 0.29) is 6.04 Å². The van der Waals surface area contributed by atoms with Gasteiger partial charge in [-0.3, -0.25) is 0 Å². The highest BCUT2D eigenvalue weighted by molar-refractivity contribution is 7.11. The van der Waals surface area contributed by atoms with E-state index in [1.54, 1.807) is 13.4 Å². The van der Waals surface area contributed by atoms with Gasteiger partial charge in [0.25, 0.3) is 0 Å². The van der Waals surface area contributed by atoms with Crippen molar-refractivity contribution in [3.8, 4) is 5.88 Å². The summed E-state index contributed by atoms with van der Waals surface area (Å²) in [5.41, 5.74) is 0.959. The summed E-state index contributed by atoms with van der Waals surface area (Å²) in [5, 5.41) is 3.31. The molecule has 2 rings (SSSR count). The Balaban J connectivity index is 2.14. The third kappa shape index (κ3) is 3.52. The largest absolute Gasteiger partial charge is 0.481 e. The van der Waals surface area contributed by atoms with E-state index in [1.165, 1.54) is 9.75 Å². The summed E-state index contributed by atoms with van der Waals surface area (Å²) < 4.78 is 5.14. The first kappa shape index (κ1) is 14.0. The maximum Gasteiger partial charge on any atom is 0.216 e. The molecule has 4 nitrogen and oxygen atoms in total. The van der Waals surface area contributed by atoms with Crippen molar-refractivity contribution in [1.29, 1.82) is 0 Å². The Morgan fingerprint density at radius 3 is 2.74 bits per heavy atom. The molecule has 0 amide bonds. The quantitative estimate of drug-likeness (QED) is 0.881. The third-order valence-corrected chi connectivity index (χ3v) is 4.30. The minimum absolute atomic E-state index is 0.181. The van der Waals surface area contributed by atoms with Gasteiger partial charge in [-0.05, 0) is 25.6 Å². The van der Waals surface area contributed by atoms with Crippen molar-refractivity contribution in [2.75, 3.05) is 14.2 Å². The lowest BCUT2D eigenvalue weighted by atomic mass is 10.1. The average Bonchev–Trinajstić information content (AvgIpc) is 2.92. The van der Waals surface area contributed by atoms with Crippen molar-refractivity contribution in [3.63, 3.8) is 0 Å². The van der Waals surface area contributed by atoms with Gasteiger partial charge in [-0.25, -0.2) is 9.97 Å². The number of rotatable bonds is 6. The molecule has 0 bridgehead atoms. The second-order valence-electron chi connectivity index (χ2n) is 4.25. The lowest BCUT2D eigenvalue weighted by Gasteiger charge is -2.14. The van der Waals surface area contributed by atoms with E-state index >= 15 is 0 Å². The van der Waals surface area contributed by atoms with E-state index in [9.17, 15) is 0 Å². The molecule has 0 aromatic carbocycles. The van der Waals surface area contributed by atoms with Crippen molar-refractivity contribution in [1.82, 2.24) is 15.3 Å². The van der Waals surface area contributed by atoms with Crippen LogP contribution in [-0.2, 0) is 12.8 Å². The van der Waals surface area contributed by atoms with Crippen LogP contribution in [0.15, 0.2) is 24.5 Å². The Morgan fingerprint density at radius 1 is 1.32 bits per heavy atom. The van der Waals surface area contributed by atoms with E-state index in [4.69, 9.17) is 4.74 Å². The summed E-state index contributed by atoms with van der Waals surface area (Å²) in [5.74, 6) is 0.602. The summed E-state index contributed by atoms with van der Waals surface area (Å²) >= 11 is 1.87. The minimum atomic E-state index is 0.181. The highest BCUT2D eigenvalue weighted by Gasteiger charge is 2.14. The van der Waals surface area contributed by atoms with Crippen LogP contribution in [-0.4, -0.2) is 24.1 Å². The lowest BCUT2D eigenvalue weighted by molar-refractivity contribution is 0.394. The molecule has 0 fully saturated rings. The van der Waals surface area contributed by atoms with Gasteiger partial charge in [-0.15, -0.1) is 11.3 Å². The molecule has 2 aromatic heterocycles. The van der Waals surface area contributed by atoms with Crippen LogP contribution in [0, 0.1) is 0 Å². The van der Waals surface area contributed by atoms with Crippen LogP contribution in [0.1, 0.15) is 28.4 Å². The smallest absolute Gasteiger partial charge is 0.216 e. The Bertz CT molecular complexity index is 527. The second kappa shape index (κ2) is 6.63. The highest BCUT2D eigenvalue weighted by Crippen LogP contribution is 2.24. The van der Waals surface area contributed by atoms with E-state index < -0.39 is 0 Å². The van der Waals surface area contributed by atoms with E-state index in [2.05, 4.69) is 34.3 Å². The molecule has 1 N–H and O–H groups in total. The molecule has 102 valence electrons.